The highest BCUT2D eigenvalue weighted by Crippen LogP contribution is 2.52. The Kier molecular flexibility index (Phi) is 8.49. The summed E-state index contributed by atoms with van der Waals surface area (Å²) in [6, 6.07) is 72.1. The summed E-state index contributed by atoms with van der Waals surface area (Å²) in [5, 5.41) is 20.8. The standard InChI is InChI=1S/C66H49BN2S2/c1-65(2,3)38-26-32-58-54(34-38)60-63(70-58)68(40-28-30-50-46-20-9-7-16-42(46)44-18-11-13-22-48(44)52(50)36-40)56-24-15-25-57-62(56)67(60)61-55-35-39(66(4,5)6)27-33-59(55)71-64(61)69(57)41-29-31-51-47-21-10-8-17-43(47)45-19-12-14-23-49(45)53(51)37-41/h7-37H,1-6H3. The van der Waals surface area contributed by atoms with E-state index in [1.165, 1.54) is 145 Å². The fourth-order valence-electron chi connectivity index (χ4n) is 12.5. The van der Waals surface area contributed by atoms with Crippen LogP contribution in [0.2, 0.25) is 0 Å². The second kappa shape index (κ2) is 14.6. The number of rotatable bonds is 2. The lowest BCUT2D eigenvalue weighted by molar-refractivity contribution is 0.591. The molecule has 4 heterocycles. The Morgan fingerprint density at radius 1 is 0.310 bits per heavy atom. The van der Waals surface area contributed by atoms with Crippen molar-refractivity contribution in [3.05, 3.63) is 199 Å². The van der Waals surface area contributed by atoms with E-state index in [1.807, 2.05) is 22.7 Å². The smallest absolute Gasteiger partial charge is 0.256 e. The normalized spacial score (nSPS) is 13.7. The van der Waals surface area contributed by atoms with Gasteiger partial charge in [-0.2, -0.15) is 0 Å². The van der Waals surface area contributed by atoms with E-state index >= 15 is 0 Å². The predicted molar refractivity (Wildman–Crippen MR) is 314 cm³/mol. The van der Waals surface area contributed by atoms with Gasteiger partial charge in [-0.05, 0) is 162 Å². The first-order chi connectivity index (χ1) is 34.5. The van der Waals surface area contributed by atoms with Gasteiger partial charge in [-0.3, -0.25) is 0 Å². The van der Waals surface area contributed by atoms with Crippen molar-refractivity contribution in [1.29, 1.82) is 0 Å². The van der Waals surface area contributed by atoms with Gasteiger partial charge in [0.15, 0.2) is 0 Å². The van der Waals surface area contributed by atoms with E-state index in [0.717, 1.165) is 0 Å². The highest BCUT2D eigenvalue weighted by atomic mass is 32.1. The molecule has 0 bridgehead atoms. The van der Waals surface area contributed by atoms with Gasteiger partial charge in [0.05, 0.1) is 10.0 Å². The number of benzene rings is 11. The second-order valence-corrected chi connectivity index (χ2v) is 24.1. The predicted octanol–water partition coefficient (Wildman–Crippen LogP) is 17.7. The Bertz CT molecular complexity index is 4110. The molecule has 71 heavy (non-hydrogen) atoms. The van der Waals surface area contributed by atoms with Gasteiger partial charge in [-0.15, -0.1) is 22.7 Å². The van der Waals surface area contributed by atoms with E-state index in [9.17, 15) is 0 Å². The molecule has 0 unspecified atom stereocenters. The van der Waals surface area contributed by atoms with Crippen LogP contribution < -0.4 is 26.2 Å². The molecule has 338 valence electrons. The van der Waals surface area contributed by atoms with E-state index in [4.69, 9.17) is 0 Å². The van der Waals surface area contributed by atoms with Crippen LogP contribution in [0.3, 0.4) is 0 Å². The minimum absolute atomic E-state index is 0.00194. The molecule has 0 saturated carbocycles. The monoisotopic (exact) mass is 944 g/mol. The van der Waals surface area contributed by atoms with Crippen molar-refractivity contribution < 1.29 is 0 Å². The molecule has 0 spiro atoms. The van der Waals surface area contributed by atoms with E-state index < -0.39 is 0 Å². The number of fused-ring (bicyclic) bond motifs is 20. The minimum atomic E-state index is -0.0145. The largest absolute Gasteiger partial charge is 0.303 e. The molecule has 0 aliphatic carbocycles. The third-order valence-electron chi connectivity index (χ3n) is 15.9. The van der Waals surface area contributed by atoms with E-state index in [1.54, 1.807) is 0 Å². The first-order valence-corrected chi connectivity index (χ1v) is 26.7. The summed E-state index contributed by atoms with van der Waals surface area (Å²) in [6.07, 6.45) is 0. The average molecular weight is 945 g/mol. The fourth-order valence-corrected chi connectivity index (χ4v) is 15.0. The lowest BCUT2D eigenvalue weighted by Gasteiger charge is -2.42. The van der Waals surface area contributed by atoms with Crippen molar-refractivity contribution >= 4 is 163 Å². The third kappa shape index (κ3) is 5.82. The van der Waals surface area contributed by atoms with Gasteiger partial charge in [0.25, 0.3) is 6.71 Å². The Hall–Kier alpha value is -7.44. The third-order valence-corrected chi connectivity index (χ3v) is 18.3. The highest BCUT2D eigenvalue weighted by Gasteiger charge is 2.47. The van der Waals surface area contributed by atoms with Crippen LogP contribution in [0.4, 0.5) is 32.8 Å². The molecule has 0 radical (unpaired) electrons. The molecule has 5 heteroatoms. The van der Waals surface area contributed by atoms with Crippen LogP contribution in [0, 0.1) is 0 Å². The van der Waals surface area contributed by atoms with Crippen molar-refractivity contribution in [2.75, 3.05) is 9.80 Å². The molecular weight excluding hydrogens is 896 g/mol. The molecule has 0 atom stereocenters. The molecule has 2 aliphatic heterocycles. The van der Waals surface area contributed by atoms with Crippen molar-refractivity contribution in [1.82, 2.24) is 0 Å². The molecule has 11 aromatic carbocycles. The fraction of sp³-hybridized carbons (Fsp3) is 0.121. The van der Waals surface area contributed by atoms with Crippen LogP contribution in [0.15, 0.2) is 188 Å². The maximum absolute atomic E-state index is 2.63. The maximum Gasteiger partial charge on any atom is 0.256 e. The zero-order valence-corrected chi connectivity index (χ0v) is 42.3. The Balaban J connectivity index is 1.07. The molecule has 13 aromatic rings. The zero-order valence-electron chi connectivity index (χ0n) is 40.7. The Labute approximate surface area is 422 Å². The number of nitrogens with zero attached hydrogens (tertiary/aromatic N) is 2. The van der Waals surface area contributed by atoms with Crippen molar-refractivity contribution in [2.45, 2.75) is 52.4 Å². The number of hydrogen-bond donors (Lipinski definition) is 0. The van der Waals surface area contributed by atoms with Gasteiger partial charge in [0.1, 0.15) is 0 Å². The summed E-state index contributed by atoms with van der Waals surface area (Å²) in [4.78, 5) is 5.27. The summed E-state index contributed by atoms with van der Waals surface area (Å²) in [5.41, 5.74) is 11.7. The van der Waals surface area contributed by atoms with Crippen LogP contribution in [0.1, 0.15) is 52.7 Å². The summed E-state index contributed by atoms with van der Waals surface area (Å²) < 4.78 is 2.65. The first kappa shape index (κ1) is 41.4. The quantitative estimate of drug-likeness (QED) is 0.126. The van der Waals surface area contributed by atoms with Crippen LogP contribution in [0.5, 0.6) is 0 Å². The lowest BCUT2D eigenvalue weighted by Crippen LogP contribution is -2.60. The minimum Gasteiger partial charge on any atom is -0.303 e. The molecule has 0 saturated heterocycles. The summed E-state index contributed by atoms with van der Waals surface area (Å²) in [5.74, 6) is 0. The Morgan fingerprint density at radius 2 is 0.648 bits per heavy atom. The SMILES string of the molecule is CC(C)(C)c1ccc2sc3c(c2c1)B1c2c(cccc2N(c2ccc4c5ccccc5c5ccccc5c4c2)c2sc4ccc(C(C)(C)C)cc4c21)N3c1ccc2c3ccccc3c3ccccc3c2c1. The average Bonchev–Trinajstić information content (AvgIpc) is 3.96. The first-order valence-electron chi connectivity index (χ1n) is 25.0. The van der Waals surface area contributed by atoms with Crippen LogP contribution in [-0.4, -0.2) is 6.71 Å². The summed E-state index contributed by atoms with van der Waals surface area (Å²) in [7, 11) is 0. The summed E-state index contributed by atoms with van der Waals surface area (Å²) in [6.45, 7) is 14.1. The summed E-state index contributed by atoms with van der Waals surface area (Å²) >= 11 is 3.91. The molecule has 0 fully saturated rings. The van der Waals surface area contributed by atoms with Gasteiger partial charge >= 0.3 is 0 Å². The number of hydrogen-bond acceptors (Lipinski definition) is 4. The number of anilines is 6. The zero-order chi connectivity index (χ0) is 47.7. The Morgan fingerprint density at radius 3 is 1.00 bits per heavy atom. The van der Waals surface area contributed by atoms with E-state index in [2.05, 4.69) is 239 Å². The molecule has 0 amide bonds. The van der Waals surface area contributed by atoms with E-state index in [0.29, 0.717) is 0 Å². The van der Waals surface area contributed by atoms with Crippen LogP contribution >= 0.6 is 22.7 Å². The van der Waals surface area contributed by atoms with Crippen LogP contribution in [-0.2, 0) is 10.8 Å². The molecule has 15 rings (SSSR count). The van der Waals surface area contributed by atoms with Gasteiger partial charge in [0.2, 0.25) is 0 Å². The van der Waals surface area contributed by atoms with Crippen molar-refractivity contribution in [3.63, 3.8) is 0 Å². The van der Waals surface area contributed by atoms with Gasteiger partial charge in [0, 0.05) is 32.1 Å². The lowest BCUT2D eigenvalue weighted by atomic mass is 9.33. The highest BCUT2D eigenvalue weighted by molar-refractivity contribution is 7.29. The molecule has 2 aliphatic rings. The molecule has 2 nitrogen and oxygen atoms in total. The molecule has 2 aromatic heterocycles. The van der Waals surface area contributed by atoms with Crippen molar-refractivity contribution in [3.8, 4) is 0 Å². The van der Waals surface area contributed by atoms with Crippen LogP contribution in [0.25, 0.3) is 84.8 Å². The number of thiophene rings is 2. The van der Waals surface area contributed by atoms with Gasteiger partial charge in [-0.1, -0.05) is 181 Å². The van der Waals surface area contributed by atoms with Crippen molar-refractivity contribution in [2.24, 2.45) is 0 Å². The topological polar surface area (TPSA) is 6.48 Å². The molecule has 0 N–H and O–H groups in total. The van der Waals surface area contributed by atoms with E-state index in [-0.39, 0.29) is 17.5 Å². The molecular formula is C66H49BN2S2. The van der Waals surface area contributed by atoms with Gasteiger partial charge < -0.3 is 9.80 Å². The second-order valence-electron chi connectivity index (χ2n) is 22.0. The maximum atomic E-state index is 2.63. The van der Waals surface area contributed by atoms with Gasteiger partial charge in [-0.25, -0.2) is 0 Å².